The third-order valence-corrected chi connectivity index (χ3v) is 12.4. The van der Waals surface area contributed by atoms with Crippen LogP contribution in [0.5, 0.6) is 0 Å². The second kappa shape index (κ2) is 57.6. The van der Waals surface area contributed by atoms with Gasteiger partial charge in [0.25, 0.3) is 6.29 Å². The van der Waals surface area contributed by atoms with Crippen molar-refractivity contribution in [1.29, 1.82) is 0 Å². The predicted octanol–water partition coefficient (Wildman–Crippen LogP) is 18.2. The fourth-order valence-electron chi connectivity index (χ4n) is 7.75. The summed E-state index contributed by atoms with van der Waals surface area (Å²) in [5.41, 5.74) is 0. The van der Waals surface area contributed by atoms with Gasteiger partial charge in [0.1, 0.15) is 13.2 Å². The molecule has 77 heavy (non-hydrogen) atoms. The Kier molecular flexibility index (Phi) is 54.2. The number of aliphatic carboxylic acids is 1. The maximum atomic E-state index is 12.9. The minimum absolute atomic E-state index is 0.169. The summed E-state index contributed by atoms with van der Waals surface area (Å²) in [7, 11) is 5.94. The smallest absolute Gasteiger partial charge is 0.361 e. The fraction of sp³-hybridized carbons (Fsp3) is 0.632. The molecule has 2 unspecified atom stereocenters. The van der Waals surface area contributed by atoms with Crippen molar-refractivity contribution < 1.29 is 42.9 Å². The van der Waals surface area contributed by atoms with Gasteiger partial charge in [0, 0.05) is 12.8 Å². The van der Waals surface area contributed by atoms with Crippen molar-refractivity contribution in [3.05, 3.63) is 134 Å². The Balaban J connectivity index is 4.38. The van der Waals surface area contributed by atoms with E-state index in [1.165, 1.54) is 96.3 Å². The number of unbranched alkanes of at least 4 members (excludes halogenated alkanes) is 17. The second-order valence-electron chi connectivity index (χ2n) is 20.9. The maximum absolute atomic E-state index is 12.9. The topological polar surface area (TPSA) is 108 Å². The summed E-state index contributed by atoms with van der Waals surface area (Å²) in [6.07, 6.45) is 79.7. The van der Waals surface area contributed by atoms with E-state index in [0.717, 1.165) is 83.5 Å². The van der Waals surface area contributed by atoms with E-state index in [-0.39, 0.29) is 38.6 Å². The zero-order valence-electron chi connectivity index (χ0n) is 49.6. The summed E-state index contributed by atoms with van der Waals surface area (Å²) < 4.78 is 22.8. The number of carboxylic acids is 1. The number of carboxylic acid groups (broad SMARTS) is 1. The summed E-state index contributed by atoms with van der Waals surface area (Å²) in [6, 6.07) is 0. The average Bonchev–Trinajstić information content (AvgIpc) is 3.40. The number of hydrogen-bond donors (Lipinski definition) is 1. The van der Waals surface area contributed by atoms with E-state index in [4.69, 9.17) is 18.9 Å². The summed E-state index contributed by atoms with van der Waals surface area (Å²) in [4.78, 5) is 37.5. The first-order valence-electron chi connectivity index (χ1n) is 30.3. The van der Waals surface area contributed by atoms with E-state index in [2.05, 4.69) is 148 Å². The van der Waals surface area contributed by atoms with Crippen LogP contribution < -0.4 is 0 Å². The summed E-state index contributed by atoms with van der Waals surface area (Å²) in [5.74, 6) is -2.10. The van der Waals surface area contributed by atoms with Crippen molar-refractivity contribution in [1.82, 2.24) is 0 Å². The first-order valence-corrected chi connectivity index (χ1v) is 30.3. The van der Waals surface area contributed by atoms with Crippen molar-refractivity contribution in [2.75, 3.05) is 47.5 Å². The molecule has 0 aliphatic carbocycles. The van der Waals surface area contributed by atoms with Crippen LogP contribution in [0, 0.1) is 0 Å². The van der Waals surface area contributed by atoms with Gasteiger partial charge in [-0.25, -0.2) is 4.79 Å². The Morgan fingerprint density at radius 3 is 1.14 bits per heavy atom. The molecule has 0 saturated heterocycles. The quantitative estimate of drug-likeness (QED) is 0.0211. The van der Waals surface area contributed by atoms with Gasteiger partial charge in [-0.05, 0) is 109 Å². The first-order chi connectivity index (χ1) is 37.6. The van der Waals surface area contributed by atoms with Gasteiger partial charge in [-0.1, -0.05) is 231 Å². The monoisotopic (exact) mass is 1070 g/mol. The van der Waals surface area contributed by atoms with E-state index in [1.54, 1.807) is 0 Å². The zero-order valence-corrected chi connectivity index (χ0v) is 49.6. The molecular formula is C68H112NO8+. The molecule has 0 aromatic heterocycles. The molecule has 1 N–H and O–H groups in total. The highest BCUT2D eigenvalue weighted by atomic mass is 16.7. The molecule has 0 fully saturated rings. The molecule has 0 aromatic carbocycles. The molecule has 2 atom stereocenters. The molecule has 9 heteroatoms. The van der Waals surface area contributed by atoms with E-state index in [1.807, 2.05) is 21.1 Å². The van der Waals surface area contributed by atoms with Crippen LogP contribution in [0.15, 0.2) is 134 Å². The van der Waals surface area contributed by atoms with Gasteiger partial charge < -0.3 is 28.5 Å². The largest absolute Gasteiger partial charge is 0.477 e. The predicted molar refractivity (Wildman–Crippen MR) is 327 cm³/mol. The lowest BCUT2D eigenvalue weighted by molar-refractivity contribution is -0.870. The Bertz CT molecular complexity index is 1720. The third kappa shape index (κ3) is 58.9. The van der Waals surface area contributed by atoms with E-state index in [9.17, 15) is 19.5 Å². The number of hydrogen-bond acceptors (Lipinski definition) is 7. The lowest BCUT2D eigenvalue weighted by Gasteiger charge is -2.25. The van der Waals surface area contributed by atoms with Crippen molar-refractivity contribution >= 4 is 17.9 Å². The molecule has 0 heterocycles. The van der Waals surface area contributed by atoms with Crippen molar-refractivity contribution in [2.24, 2.45) is 0 Å². The van der Waals surface area contributed by atoms with Crippen molar-refractivity contribution in [2.45, 2.75) is 232 Å². The van der Waals surface area contributed by atoms with Crippen LogP contribution in [-0.2, 0) is 33.3 Å². The normalized spacial score (nSPS) is 13.7. The molecule has 0 aromatic rings. The number of carbonyl (C=O) groups is 3. The van der Waals surface area contributed by atoms with Crippen LogP contribution in [0.3, 0.4) is 0 Å². The van der Waals surface area contributed by atoms with Gasteiger partial charge in [-0.15, -0.1) is 0 Å². The molecule has 0 aliphatic heterocycles. The van der Waals surface area contributed by atoms with Gasteiger partial charge in [0.2, 0.25) is 0 Å². The molecule has 0 radical (unpaired) electrons. The SMILES string of the molecule is CC/C=C\C/C=C\C/C=C\C/C=C\C/C=C\C/C=C\C/C=C\C/C=C\C/C=C\CCCC(=O)OC(COC(=O)CCCCCCCCCCCCC/C=C\C/C=C\CCCCCCC)COC(OCC[N+](C)(C)C)C(=O)O. The highest BCUT2D eigenvalue weighted by Gasteiger charge is 2.25. The Hall–Kier alpha value is -4.57. The van der Waals surface area contributed by atoms with Crippen LogP contribution in [0.1, 0.15) is 219 Å². The van der Waals surface area contributed by atoms with Gasteiger partial charge in [0.15, 0.2) is 6.10 Å². The summed E-state index contributed by atoms with van der Waals surface area (Å²) >= 11 is 0. The second-order valence-corrected chi connectivity index (χ2v) is 20.9. The standard InChI is InChI=1S/C68H111NO8/c1-6-8-10-12-14-16-18-20-22-24-26-28-30-31-32-33-34-35-37-39-41-43-45-47-49-51-53-55-57-59-66(71)77-64(63-76-68(67(72)73)74-61-60-69(3,4)5)62-75-65(70)58-56-54-52-50-48-46-44-42-40-38-36-29-27-25-23-21-19-17-15-13-11-9-7-2/h8,10,14,16,19-22,25-28,31-32,34-35,39,41,45,47,51,53,64,68H,6-7,9,11-13,15,17-18,23-24,29-30,33,36-38,40,42-44,46,48-50,52,54-63H2,1-5H3/p+1/b10-8-,16-14-,21-19-,22-20-,27-25-,28-26-,32-31-,35-34-,41-39-,47-45-,53-51-. The highest BCUT2D eigenvalue weighted by Crippen LogP contribution is 2.14. The first kappa shape index (κ1) is 72.4. The lowest BCUT2D eigenvalue weighted by Crippen LogP contribution is -2.40. The van der Waals surface area contributed by atoms with Gasteiger partial charge in [-0.3, -0.25) is 9.59 Å². The van der Waals surface area contributed by atoms with Crippen LogP contribution in [0.25, 0.3) is 0 Å². The maximum Gasteiger partial charge on any atom is 0.361 e. The minimum atomic E-state index is -1.54. The average molecular weight is 1070 g/mol. The molecule has 436 valence electrons. The molecule has 0 amide bonds. The number of likely N-dealkylation sites (N-methyl/N-ethyl adjacent to an activating group) is 1. The van der Waals surface area contributed by atoms with Gasteiger partial charge >= 0.3 is 17.9 Å². The molecule has 0 bridgehead atoms. The minimum Gasteiger partial charge on any atom is -0.477 e. The number of nitrogens with zero attached hydrogens (tertiary/aromatic N) is 1. The molecule has 0 aliphatic rings. The van der Waals surface area contributed by atoms with E-state index in [0.29, 0.717) is 23.9 Å². The van der Waals surface area contributed by atoms with Crippen LogP contribution >= 0.6 is 0 Å². The van der Waals surface area contributed by atoms with Crippen LogP contribution in [-0.4, -0.2) is 87.4 Å². The van der Waals surface area contributed by atoms with Crippen LogP contribution in [0.2, 0.25) is 0 Å². The number of quaternary nitrogens is 1. The van der Waals surface area contributed by atoms with Crippen molar-refractivity contribution in [3.8, 4) is 0 Å². The molecule has 0 rings (SSSR count). The van der Waals surface area contributed by atoms with Gasteiger partial charge in [-0.2, -0.15) is 0 Å². The van der Waals surface area contributed by atoms with E-state index < -0.39 is 24.3 Å². The van der Waals surface area contributed by atoms with Crippen molar-refractivity contribution in [3.63, 3.8) is 0 Å². The summed E-state index contributed by atoms with van der Waals surface area (Å²) in [5, 5.41) is 9.71. The zero-order chi connectivity index (χ0) is 56.2. The van der Waals surface area contributed by atoms with E-state index >= 15 is 0 Å². The number of esters is 2. The molecule has 0 saturated carbocycles. The number of rotatable bonds is 54. The Morgan fingerprint density at radius 1 is 0.403 bits per heavy atom. The van der Waals surface area contributed by atoms with Gasteiger partial charge in [0.05, 0.1) is 34.4 Å². The number of allylic oxidation sites excluding steroid dienone is 22. The Morgan fingerprint density at radius 2 is 0.753 bits per heavy atom. The Labute approximate surface area is 471 Å². The fourth-order valence-corrected chi connectivity index (χ4v) is 7.75. The molecule has 0 spiro atoms. The molecule has 9 nitrogen and oxygen atoms in total. The third-order valence-electron chi connectivity index (χ3n) is 12.4. The number of carbonyl (C=O) groups excluding carboxylic acids is 2. The summed E-state index contributed by atoms with van der Waals surface area (Å²) in [6.45, 7) is 4.67. The lowest BCUT2D eigenvalue weighted by atomic mass is 10.0. The number of ether oxygens (including phenoxy) is 4. The molecular weight excluding hydrogens is 959 g/mol. The van der Waals surface area contributed by atoms with Crippen LogP contribution in [0.4, 0.5) is 0 Å². The highest BCUT2D eigenvalue weighted by molar-refractivity contribution is 5.71.